The number of nitrogens with two attached hydrogens (primary N) is 1. The SMILES string of the molecule is CC(C)C1CCN(C2(CN)CCSCC2)C1. The molecule has 2 rings (SSSR count). The van der Waals surface area contributed by atoms with Crippen LogP contribution in [0.3, 0.4) is 0 Å². The normalized spacial score (nSPS) is 31.1. The summed E-state index contributed by atoms with van der Waals surface area (Å²) in [5.74, 6) is 4.34. The topological polar surface area (TPSA) is 29.3 Å². The Bertz CT molecular complexity index is 224. The summed E-state index contributed by atoms with van der Waals surface area (Å²) in [5.41, 5.74) is 6.44. The molecule has 2 nitrogen and oxygen atoms in total. The highest BCUT2D eigenvalue weighted by Gasteiger charge is 2.40. The molecule has 0 spiro atoms. The van der Waals surface area contributed by atoms with Crippen LogP contribution in [0.1, 0.15) is 33.1 Å². The maximum Gasteiger partial charge on any atom is 0.0347 e. The molecule has 0 aliphatic carbocycles. The van der Waals surface area contributed by atoms with Crippen molar-refractivity contribution in [1.82, 2.24) is 4.90 Å². The van der Waals surface area contributed by atoms with Gasteiger partial charge < -0.3 is 5.73 Å². The van der Waals surface area contributed by atoms with Crippen molar-refractivity contribution in [1.29, 1.82) is 0 Å². The van der Waals surface area contributed by atoms with Gasteiger partial charge in [-0.15, -0.1) is 0 Å². The molecule has 94 valence electrons. The smallest absolute Gasteiger partial charge is 0.0347 e. The van der Waals surface area contributed by atoms with Gasteiger partial charge in [0.25, 0.3) is 0 Å². The summed E-state index contributed by atoms with van der Waals surface area (Å²) >= 11 is 2.10. The third-order valence-corrected chi connectivity index (χ3v) is 5.63. The fourth-order valence-electron chi connectivity index (χ4n) is 3.16. The molecule has 2 aliphatic heterocycles. The average Bonchev–Trinajstić information content (AvgIpc) is 2.80. The standard InChI is InChI=1S/C13H26N2S/c1-11(2)12-3-6-15(9-12)13(10-14)4-7-16-8-5-13/h11-12H,3-10,14H2,1-2H3. The monoisotopic (exact) mass is 242 g/mol. The number of likely N-dealkylation sites (tertiary alicyclic amines) is 1. The lowest BCUT2D eigenvalue weighted by Gasteiger charge is -2.44. The number of thioether (sulfide) groups is 1. The van der Waals surface area contributed by atoms with E-state index >= 15 is 0 Å². The van der Waals surface area contributed by atoms with Gasteiger partial charge in [0.1, 0.15) is 0 Å². The Labute approximate surface area is 104 Å². The molecule has 1 unspecified atom stereocenters. The van der Waals surface area contributed by atoms with Gasteiger partial charge in [-0.25, -0.2) is 0 Å². The molecule has 0 amide bonds. The lowest BCUT2D eigenvalue weighted by molar-refractivity contribution is 0.105. The maximum atomic E-state index is 6.09. The van der Waals surface area contributed by atoms with Gasteiger partial charge in [0, 0.05) is 18.6 Å². The van der Waals surface area contributed by atoms with Gasteiger partial charge in [-0.3, -0.25) is 4.90 Å². The summed E-state index contributed by atoms with van der Waals surface area (Å²) in [6.07, 6.45) is 3.99. The zero-order valence-electron chi connectivity index (χ0n) is 10.7. The van der Waals surface area contributed by atoms with E-state index in [4.69, 9.17) is 5.73 Å². The molecule has 0 bridgehead atoms. The summed E-state index contributed by atoms with van der Waals surface area (Å²) in [6.45, 7) is 8.16. The van der Waals surface area contributed by atoms with Crippen LogP contribution >= 0.6 is 11.8 Å². The third kappa shape index (κ3) is 2.41. The molecule has 2 fully saturated rings. The molecule has 3 heteroatoms. The van der Waals surface area contributed by atoms with Gasteiger partial charge in [-0.2, -0.15) is 11.8 Å². The highest BCUT2D eigenvalue weighted by atomic mass is 32.2. The van der Waals surface area contributed by atoms with E-state index in [9.17, 15) is 0 Å². The molecular formula is C13H26N2S. The van der Waals surface area contributed by atoms with Crippen LogP contribution in [0.5, 0.6) is 0 Å². The molecule has 2 saturated heterocycles. The first-order valence-electron chi connectivity index (χ1n) is 6.71. The first-order chi connectivity index (χ1) is 7.68. The molecule has 1 atom stereocenters. The highest BCUT2D eigenvalue weighted by molar-refractivity contribution is 7.99. The summed E-state index contributed by atoms with van der Waals surface area (Å²) < 4.78 is 0. The second-order valence-electron chi connectivity index (χ2n) is 5.78. The van der Waals surface area contributed by atoms with Gasteiger partial charge in [0.15, 0.2) is 0 Å². The van der Waals surface area contributed by atoms with Gasteiger partial charge >= 0.3 is 0 Å². The van der Waals surface area contributed by atoms with E-state index in [1.807, 2.05) is 0 Å². The van der Waals surface area contributed by atoms with Crippen LogP contribution in [-0.4, -0.2) is 41.6 Å². The van der Waals surface area contributed by atoms with Crippen LogP contribution in [0.2, 0.25) is 0 Å². The minimum Gasteiger partial charge on any atom is -0.329 e. The summed E-state index contributed by atoms with van der Waals surface area (Å²) in [7, 11) is 0. The van der Waals surface area contributed by atoms with E-state index in [1.54, 1.807) is 0 Å². The summed E-state index contributed by atoms with van der Waals surface area (Å²) in [5, 5.41) is 0. The van der Waals surface area contributed by atoms with Crippen LogP contribution in [0, 0.1) is 11.8 Å². The van der Waals surface area contributed by atoms with E-state index in [0.29, 0.717) is 5.54 Å². The van der Waals surface area contributed by atoms with Crippen molar-refractivity contribution < 1.29 is 0 Å². The Morgan fingerprint density at radius 3 is 2.56 bits per heavy atom. The van der Waals surface area contributed by atoms with Crippen molar-refractivity contribution in [2.24, 2.45) is 17.6 Å². The summed E-state index contributed by atoms with van der Waals surface area (Å²) in [4.78, 5) is 2.72. The van der Waals surface area contributed by atoms with E-state index in [2.05, 4.69) is 30.5 Å². The number of hydrogen-bond donors (Lipinski definition) is 1. The first-order valence-corrected chi connectivity index (χ1v) is 7.86. The largest absolute Gasteiger partial charge is 0.329 e. The predicted octanol–water partition coefficient (Wildman–Crippen LogP) is 2.19. The van der Waals surface area contributed by atoms with Crippen LogP contribution in [0.15, 0.2) is 0 Å². The third-order valence-electron chi connectivity index (χ3n) is 4.64. The van der Waals surface area contributed by atoms with E-state index < -0.39 is 0 Å². The quantitative estimate of drug-likeness (QED) is 0.822. The second-order valence-corrected chi connectivity index (χ2v) is 7.00. The highest BCUT2D eigenvalue weighted by Crippen LogP contribution is 2.36. The first kappa shape index (κ1) is 12.7. The summed E-state index contributed by atoms with van der Waals surface area (Å²) in [6, 6.07) is 0. The predicted molar refractivity (Wildman–Crippen MR) is 72.9 cm³/mol. The van der Waals surface area contributed by atoms with Crippen molar-refractivity contribution in [3.63, 3.8) is 0 Å². The Morgan fingerprint density at radius 1 is 1.38 bits per heavy atom. The number of hydrogen-bond acceptors (Lipinski definition) is 3. The zero-order valence-corrected chi connectivity index (χ0v) is 11.6. The van der Waals surface area contributed by atoms with E-state index in [1.165, 1.54) is 43.9 Å². The Morgan fingerprint density at radius 2 is 2.06 bits per heavy atom. The number of nitrogens with zero attached hydrogens (tertiary/aromatic N) is 1. The van der Waals surface area contributed by atoms with Crippen molar-refractivity contribution in [2.45, 2.75) is 38.6 Å². The maximum absolute atomic E-state index is 6.09. The van der Waals surface area contributed by atoms with Gasteiger partial charge in [0.05, 0.1) is 0 Å². The molecular weight excluding hydrogens is 216 g/mol. The fraction of sp³-hybridized carbons (Fsp3) is 1.00. The molecule has 2 heterocycles. The molecule has 0 aromatic rings. The Kier molecular flexibility index (Phi) is 4.20. The lowest BCUT2D eigenvalue weighted by Crippen LogP contribution is -2.55. The fourth-order valence-corrected chi connectivity index (χ4v) is 4.42. The van der Waals surface area contributed by atoms with Crippen LogP contribution in [0.4, 0.5) is 0 Å². The average molecular weight is 242 g/mol. The van der Waals surface area contributed by atoms with Crippen molar-refractivity contribution in [3.05, 3.63) is 0 Å². The molecule has 16 heavy (non-hydrogen) atoms. The van der Waals surface area contributed by atoms with Crippen LogP contribution in [0.25, 0.3) is 0 Å². The minimum atomic E-state index is 0.356. The van der Waals surface area contributed by atoms with Crippen molar-refractivity contribution in [3.8, 4) is 0 Å². The molecule has 2 N–H and O–H groups in total. The molecule has 0 aromatic heterocycles. The Balaban J connectivity index is 2.00. The molecule has 0 saturated carbocycles. The van der Waals surface area contributed by atoms with E-state index in [0.717, 1.165) is 18.4 Å². The van der Waals surface area contributed by atoms with Crippen molar-refractivity contribution in [2.75, 3.05) is 31.1 Å². The van der Waals surface area contributed by atoms with Crippen molar-refractivity contribution >= 4 is 11.8 Å². The van der Waals surface area contributed by atoms with Gasteiger partial charge in [-0.1, -0.05) is 13.8 Å². The molecule has 2 aliphatic rings. The van der Waals surface area contributed by atoms with Crippen LogP contribution in [-0.2, 0) is 0 Å². The lowest BCUT2D eigenvalue weighted by atomic mass is 9.90. The van der Waals surface area contributed by atoms with Crippen LogP contribution < -0.4 is 5.73 Å². The number of rotatable bonds is 3. The van der Waals surface area contributed by atoms with Gasteiger partial charge in [0.2, 0.25) is 0 Å². The van der Waals surface area contributed by atoms with E-state index in [-0.39, 0.29) is 0 Å². The van der Waals surface area contributed by atoms with Gasteiger partial charge in [-0.05, 0) is 49.1 Å². The molecule has 0 aromatic carbocycles. The minimum absolute atomic E-state index is 0.356. The Hall–Kier alpha value is 0.270. The molecule has 0 radical (unpaired) electrons. The second kappa shape index (κ2) is 5.28. The zero-order chi connectivity index (χ0) is 11.6.